The number of primary sulfonamides is 1. The topological polar surface area (TPSA) is 125 Å². The molecule has 0 spiro atoms. The van der Waals surface area contributed by atoms with Gasteiger partial charge in [-0.25, -0.2) is 18.5 Å². The van der Waals surface area contributed by atoms with Gasteiger partial charge in [0.05, 0.1) is 17.5 Å². The Morgan fingerprint density at radius 2 is 1.94 bits per heavy atom. The Bertz CT molecular complexity index is 1270. The van der Waals surface area contributed by atoms with Crippen molar-refractivity contribution in [2.75, 3.05) is 36.8 Å². The zero-order valence-electron chi connectivity index (χ0n) is 18.6. The largest absolute Gasteiger partial charge is 0.371 e. The van der Waals surface area contributed by atoms with Gasteiger partial charge in [0.25, 0.3) is 0 Å². The molecule has 2 saturated heterocycles. The van der Waals surface area contributed by atoms with Gasteiger partial charge in [0, 0.05) is 61.5 Å². The van der Waals surface area contributed by atoms with Crippen LogP contribution in [-0.4, -0.2) is 66.1 Å². The van der Waals surface area contributed by atoms with Crippen LogP contribution in [0.25, 0.3) is 21.9 Å². The van der Waals surface area contributed by atoms with Gasteiger partial charge in [-0.15, -0.1) is 0 Å². The fourth-order valence-corrected chi connectivity index (χ4v) is 6.34. The van der Waals surface area contributed by atoms with Crippen molar-refractivity contribution in [3.8, 4) is 0 Å². The van der Waals surface area contributed by atoms with E-state index >= 15 is 0 Å². The number of nitrogens with one attached hydrogen (secondary N) is 1. The van der Waals surface area contributed by atoms with Crippen molar-refractivity contribution < 1.29 is 13.2 Å². The maximum Gasteiger partial charge on any atom is 0.222 e. The number of nitrogens with zero attached hydrogens (tertiary/aromatic N) is 4. The average molecular weight is 471 g/mol. The molecule has 1 atom stereocenters. The molecule has 1 unspecified atom stereocenters. The Morgan fingerprint density at radius 3 is 2.73 bits per heavy atom. The zero-order valence-corrected chi connectivity index (χ0v) is 19.4. The molecule has 1 amide bonds. The van der Waals surface area contributed by atoms with E-state index in [9.17, 15) is 13.2 Å². The lowest BCUT2D eigenvalue weighted by atomic mass is 9.91. The first-order valence-electron chi connectivity index (χ1n) is 11.6. The maximum absolute atomic E-state index is 12.9. The molecule has 3 aromatic heterocycles. The lowest BCUT2D eigenvalue weighted by molar-refractivity contribution is -0.134. The highest BCUT2D eigenvalue weighted by molar-refractivity contribution is 7.89. The number of anilines is 1. The number of hydrogen-bond donors (Lipinski definition) is 2. The summed E-state index contributed by atoms with van der Waals surface area (Å²) in [5.74, 6) is 0.384. The van der Waals surface area contributed by atoms with Crippen LogP contribution in [0.3, 0.4) is 0 Å². The lowest BCUT2D eigenvalue weighted by Crippen LogP contribution is -2.44. The van der Waals surface area contributed by atoms with Crippen LogP contribution in [-0.2, 0) is 14.8 Å². The summed E-state index contributed by atoms with van der Waals surface area (Å²) in [6.45, 7) is 2.99. The van der Waals surface area contributed by atoms with E-state index in [1.54, 1.807) is 0 Å². The van der Waals surface area contributed by atoms with E-state index < -0.39 is 10.0 Å². The molecule has 5 rings (SSSR count). The van der Waals surface area contributed by atoms with Gasteiger partial charge < -0.3 is 14.8 Å². The molecule has 0 saturated carbocycles. The second kappa shape index (κ2) is 8.90. The van der Waals surface area contributed by atoms with Crippen molar-refractivity contribution in [1.82, 2.24) is 19.9 Å². The molecule has 2 aliphatic rings. The average Bonchev–Trinajstić information content (AvgIpc) is 3.27. The van der Waals surface area contributed by atoms with Gasteiger partial charge in [0.2, 0.25) is 15.9 Å². The lowest BCUT2D eigenvalue weighted by Gasteiger charge is -2.36. The van der Waals surface area contributed by atoms with Crippen molar-refractivity contribution in [3.05, 3.63) is 30.7 Å². The van der Waals surface area contributed by atoms with E-state index in [0.717, 1.165) is 60.7 Å². The molecular formula is C23H30N6O3S. The maximum atomic E-state index is 12.9. The van der Waals surface area contributed by atoms with Crippen LogP contribution in [0.5, 0.6) is 0 Å². The van der Waals surface area contributed by atoms with Crippen molar-refractivity contribution in [2.24, 2.45) is 17.0 Å². The molecule has 10 heteroatoms. The van der Waals surface area contributed by atoms with Crippen LogP contribution in [0.4, 0.5) is 5.69 Å². The van der Waals surface area contributed by atoms with Gasteiger partial charge in [-0.3, -0.25) is 9.78 Å². The van der Waals surface area contributed by atoms with Gasteiger partial charge in [0.1, 0.15) is 5.65 Å². The van der Waals surface area contributed by atoms with E-state index in [1.165, 1.54) is 5.69 Å². The summed E-state index contributed by atoms with van der Waals surface area (Å²) in [6, 6.07) is 4.11. The number of amides is 1. The Hall–Kier alpha value is -2.72. The summed E-state index contributed by atoms with van der Waals surface area (Å²) in [4.78, 5) is 29.3. The van der Waals surface area contributed by atoms with Crippen LogP contribution < -0.4 is 10.0 Å². The molecule has 0 aliphatic carbocycles. The minimum absolute atomic E-state index is 0.0427. The quantitative estimate of drug-likeness (QED) is 0.589. The third-order valence-corrected chi connectivity index (χ3v) is 7.96. The first kappa shape index (κ1) is 22.1. The summed E-state index contributed by atoms with van der Waals surface area (Å²) in [6.07, 6.45) is 9.62. The molecule has 2 aliphatic heterocycles. The molecule has 2 fully saturated rings. The monoisotopic (exact) mass is 470 g/mol. The Labute approximate surface area is 193 Å². The highest BCUT2D eigenvalue weighted by atomic mass is 32.2. The van der Waals surface area contributed by atoms with Crippen molar-refractivity contribution >= 4 is 43.6 Å². The first-order chi connectivity index (χ1) is 15.9. The number of aromatic nitrogens is 3. The fourth-order valence-electron chi connectivity index (χ4n) is 5.41. The van der Waals surface area contributed by atoms with Crippen LogP contribution in [0.2, 0.25) is 0 Å². The number of carbonyl (C=O) groups excluding carboxylic acids is 1. The number of piperidine rings is 2. The highest BCUT2D eigenvalue weighted by Gasteiger charge is 2.29. The van der Waals surface area contributed by atoms with Crippen LogP contribution in [0, 0.1) is 11.8 Å². The molecule has 3 N–H and O–H groups in total. The number of hydrogen-bond acceptors (Lipinski definition) is 6. The second-order valence-corrected chi connectivity index (χ2v) is 11.1. The molecule has 3 aromatic rings. The Morgan fingerprint density at radius 1 is 1.12 bits per heavy atom. The second-order valence-electron chi connectivity index (χ2n) is 9.40. The number of carbonyl (C=O) groups is 1. The first-order valence-corrected chi connectivity index (χ1v) is 13.3. The summed E-state index contributed by atoms with van der Waals surface area (Å²) in [5, 5.41) is 7.41. The predicted molar refractivity (Wildman–Crippen MR) is 128 cm³/mol. The Kier molecular flexibility index (Phi) is 5.96. The van der Waals surface area contributed by atoms with E-state index in [1.807, 2.05) is 29.6 Å². The minimum Gasteiger partial charge on any atom is -0.371 e. The van der Waals surface area contributed by atoms with Crippen LogP contribution in [0.1, 0.15) is 32.1 Å². The number of nitrogens with two attached hydrogens (primary N) is 1. The highest BCUT2D eigenvalue weighted by Crippen LogP contribution is 2.34. The van der Waals surface area contributed by atoms with Crippen molar-refractivity contribution in [2.45, 2.75) is 32.1 Å². The number of sulfonamides is 1. The number of H-pyrrole nitrogens is 1. The standard InChI is InChI=1S/C23H30N6O3S/c24-33(31,32)15-17-2-1-9-29(14-17)21(30)12-16-5-10-28(11-6-16)20-4-8-25-19-13-27-23-18(22(19)20)3-7-26-23/h3-4,7-8,13,16-17H,1-2,5-6,9-12,14-15H2,(H,26,27)(H2,24,31,32). The van der Waals surface area contributed by atoms with Gasteiger partial charge in [-0.2, -0.15) is 0 Å². The van der Waals surface area contributed by atoms with E-state index in [0.29, 0.717) is 25.4 Å². The third-order valence-electron chi connectivity index (χ3n) is 7.03. The smallest absolute Gasteiger partial charge is 0.222 e. The van der Waals surface area contributed by atoms with Crippen molar-refractivity contribution in [1.29, 1.82) is 0 Å². The SMILES string of the molecule is NS(=O)(=O)CC1CCCN(C(=O)CC2CCN(c3ccnc4cnc5[nH]ccc5c34)CC2)C1. The van der Waals surface area contributed by atoms with Gasteiger partial charge >= 0.3 is 0 Å². The molecule has 5 heterocycles. The Balaban J connectivity index is 1.22. The van der Waals surface area contributed by atoms with Gasteiger partial charge in [-0.05, 0) is 49.7 Å². The van der Waals surface area contributed by atoms with E-state index in [4.69, 9.17) is 5.14 Å². The normalized spacial score (nSPS) is 20.6. The summed E-state index contributed by atoms with van der Waals surface area (Å²) in [7, 11) is -3.51. The van der Waals surface area contributed by atoms with E-state index in [-0.39, 0.29) is 17.6 Å². The summed E-state index contributed by atoms with van der Waals surface area (Å²) < 4.78 is 22.9. The number of likely N-dealkylation sites (tertiary alicyclic amines) is 1. The van der Waals surface area contributed by atoms with Gasteiger partial charge in [0.15, 0.2) is 0 Å². The predicted octanol–water partition coefficient (Wildman–Crippen LogP) is 2.24. The van der Waals surface area contributed by atoms with Crippen LogP contribution in [0.15, 0.2) is 30.7 Å². The number of fused-ring (bicyclic) bond motifs is 3. The summed E-state index contributed by atoms with van der Waals surface area (Å²) in [5.41, 5.74) is 2.91. The van der Waals surface area contributed by atoms with Crippen molar-refractivity contribution in [3.63, 3.8) is 0 Å². The minimum atomic E-state index is -3.51. The molecule has 0 radical (unpaired) electrons. The van der Waals surface area contributed by atoms with E-state index in [2.05, 4.69) is 25.9 Å². The van der Waals surface area contributed by atoms with Gasteiger partial charge in [-0.1, -0.05) is 0 Å². The molecule has 0 aromatic carbocycles. The zero-order chi connectivity index (χ0) is 23.0. The molecule has 9 nitrogen and oxygen atoms in total. The molecule has 176 valence electrons. The fraction of sp³-hybridized carbons (Fsp3) is 0.522. The van der Waals surface area contributed by atoms with Crippen LogP contribution >= 0.6 is 0 Å². The third kappa shape index (κ3) is 4.81. The molecule has 33 heavy (non-hydrogen) atoms. The number of rotatable bonds is 5. The summed E-state index contributed by atoms with van der Waals surface area (Å²) >= 11 is 0. The molecule has 0 bridgehead atoms. The number of pyridine rings is 2. The number of aromatic amines is 1. The molecular weight excluding hydrogens is 440 g/mol.